The minimum Gasteiger partial charge on any atom is -0.387 e. The van der Waals surface area contributed by atoms with Gasteiger partial charge in [0.15, 0.2) is 0 Å². The van der Waals surface area contributed by atoms with E-state index < -0.39 is 6.10 Å². The van der Waals surface area contributed by atoms with Crippen LogP contribution in [0.1, 0.15) is 18.1 Å². The van der Waals surface area contributed by atoms with Crippen molar-refractivity contribution in [2.75, 3.05) is 13.1 Å². The van der Waals surface area contributed by atoms with Crippen molar-refractivity contribution >= 4 is 17.6 Å². The summed E-state index contributed by atoms with van der Waals surface area (Å²) in [6.45, 7) is 1.42. The summed E-state index contributed by atoms with van der Waals surface area (Å²) in [4.78, 5) is 11.6. The van der Waals surface area contributed by atoms with E-state index in [9.17, 15) is 9.90 Å². The second-order valence-corrected chi connectivity index (χ2v) is 5.27. The molecule has 2 amide bonds. The van der Waals surface area contributed by atoms with Crippen molar-refractivity contribution in [2.24, 2.45) is 0 Å². The topological polar surface area (TPSA) is 79.2 Å². The van der Waals surface area contributed by atoms with Crippen LogP contribution in [0.5, 0.6) is 0 Å². The number of nitrogens with one attached hydrogen (secondary N) is 2. The SMILES string of the molecule is O=C(NCCCn1cccn1)NCC(O)c1cccc(Cl)c1. The molecule has 0 aliphatic carbocycles. The highest BCUT2D eigenvalue weighted by Gasteiger charge is 2.09. The Morgan fingerprint density at radius 2 is 2.23 bits per heavy atom. The number of rotatable bonds is 7. The Labute approximate surface area is 134 Å². The summed E-state index contributed by atoms with van der Waals surface area (Å²) in [6, 6.07) is 8.49. The summed E-state index contributed by atoms with van der Waals surface area (Å²) in [6.07, 6.45) is 3.60. The van der Waals surface area contributed by atoms with E-state index in [1.807, 2.05) is 16.9 Å². The highest BCUT2D eigenvalue weighted by atomic mass is 35.5. The first kappa shape index (κ1) is 16.3. The predicted molar refractivity (Wildman–Crippen MR) is 84.7 cm³/mol. The van der Waals surface area contributed by atoms with Crippen molar-refractivity contribution in [1.29, 1.82) is 0 Å². The molecule has 0 spiro atoms. The first-order valence-electron chi connectivity index (χ1n) is 7.08. The maximum atomic E-state index is 11.6. The lowest BCUT2D eigenvalue weighted by Crippen LogP contribution is -2.38. The summed E-state index contributed by atoms with van der Waals surface area (Å²) >= 11 is 5.86. The Hall–Kier alpha value is -2.05. The Balaban J connectivity index is 1.62. The number of aromatic nitrogens is 2. The fourth-order valence-corrected chi connectivity index (χ4v) is 2.16. The molecule has 0 aliphatic heterocycles. The molecule has 0 fully saturated rings. The first-order chi connectivity index (χ1) is 10.6. The van der Waals surface area contributed by atoms with Crippen molar-refractivity contribution in [3.05, 3.63) is 53.3 Å². The van der Waals surface area contributed by atoms with E-state index in [4.69, 9.17) is 11.6 Å². The molecule has 0 saturated heterocycles. The molecule has 6 nitrogen and oxygen atoms in total. The number of aliphatic hydroxyl groups excluding tert-OH is 1. The molecule has 2 rings (SSSR count). The van der Waals surface area contributed by atoms with E-state index >= 15 is 0 Å². The van der Waals surface area contributed by atoms with E-state index in [2.05, 4.69) is 15.7 Å². The van der Waals surface area contributed by atoms with Gasteiger partial charge in [-0.3, -0.25) is 4.68 Å². The zero-order valence-electron chi connectivity index (χ0n) is 12.1. The lowest BCUT2D eigenvalue weighted by Gasteiger charge is -2.13. The van der Waals surface area contributed by atoms with Gasteiger partial charge in [-0.15, -0.1) is 0 Å². The number of amides is 2. The van der Waals surface area contributed by atoms with Crippen LogP contribution in [0.25, 0.3) is 0 Å². The summed E-state index contributed by atoms with van der Waals surface area (Å²) in [5, 5.41) is 20.0. The van der Waals surface area contributed by atoms with E-state index in [0.717, 1.165) is 13.0 Å². The molecule has 1 aromatic carbocycles. The molecular weight excluding hydrogens is 304 g/mol. The Morgan fingerprint density at radius 1 is 1.36 bits per heavy atom. The largest absolute Gasteiger partial charge is 0.387 e. The maximum absolute atomic E-state index is 11.6. The van der Waals surface area contributed by atoms with Crippen LogP contribution in [0.15, 0.2) is 42.7 Å². The summed E-state index contributed by atoms with van der Waals surface area (Å²) in [5.74, 6) is 0. The van der Waals surface area contributed by atoms with Gasteiger partial charge >= 0.3 is 6.03 Å². The third kappa shape index (κ3) is 5.38. The lowest BCUT2D eigenvalue weighted by atomic mass is 10.1. The highest BCUT2D eigenvalue weighted by molar-refractivity contribution is 6.30. The van der Waals surface area contributed by atoms with E-state index in [1.165, 1.54) is 0 Å². The minimum atomic E-state index is -0.784. The zero-order chi connectivity index (χ0) is 15.8. The fraction of sp³-hybridized carbons (Fsp3) is 0.333. The number of aliphatic hydroxyl groups is 1. The minimum absolute atomic E-state index is 0.130. The number of aryl methyl sites for hydroxylation is 1. The zero-order valence-corrected chi connectivity index (χ0v) is 12.8. The van der Waals surface area contributed by atoms with Crippen LogP contribution in [-0.2, 0) is 6.54 Å². The quantitative estimate of drug-likeness (QED) is 0.682. The number of hydrogen-bond donors (Lipinski definition) is 3. The number of urea groups is 1. The van der Waals surface area contributed by atoms with Gasteiger partial charge in [0.2, 0.25) is 0 Å². The molecule has 7 heteroatoms. The third-order valence-corrected chi connectivity index (χ3v) is 3.33. The predicted octanol–water partition coefficient (Wildman–Crippen LogP) is 1.96. The summed E-state index contributed by atoms with van der Waals surface area (Å²) in [7, 11) is 0. The van der Waals surface area contributed by atoms with Gasteiger partial charge in [-0.05, 0) is 30.2 Å². The van der Waals surface area contributed by atoms with Gasteiger partial charge in [0.25, 0.3) is 0 Å². The van der Waals surface area contributed by atoms with Gasteiger partial charge in [0.1, 0.15) is 0 Å². The van der Waals surface area contributed by atoms with Gasteiger partial charge in [0, 0.05) is 37.1 Å². The van der Waals surface area contributed by atoms with Crippen LogP contribution in [0, 0.1) is 0 Å². The second kappa shape index (κ2) is 8.41. The van der Waals surface area contributed by atoms with Crippen LogP contribution in [0.4, 0.5) is 4.79 Å². The average Bonchev–Trinajstić information content (AvgIpc) is 3.02. The van der Waals surface area contributed by atoms with Gasteiger partial charge in [0.05, 0.1) is 6.10 Å². The molecule has 1 unspecified atom stereocenters. The molecule has 3 N–H and O–H groups in total. The number of halogens is 1. The van der Waals surface area contributed by atoms with Gasteiger partial charge < -0.3 is 15.7 Å². The Bertz CT molecular complexity index is 589. The number of hydrogen-bond acceptors (Lipinski definition) is 3. The molecule has 118 valence electrons. The van der Waals surface area contributed by atoms with E-state index in [0.29, 0.717) is 17.1 Å². The van der Waals surface area contributed by atoms with E-state index in [-0.39, 0.29) is 12.6 Å². The maximum Gasteiger partial charge on any atom is 0.314 e. The van der Waals surface area contributed by atoms with Crippen molar-refractivity contribution in [3.8, 4) is 0 Å². The number of carbonyl (C=O) groups is 1. The van der Waals surface area contributed by atoms with Gasteiger partial charge in [-0.25, -0.2) is 4.79 Å². The fourth-order valence-electron chi connectivity index (χ4n) is 1.96. The van der Waals surface area contributed by atoms with Crippen LogP contribution in [-0.4, -0.2) is 34.0 Å². The molecular formula is C15H19ClN4O2. The number of benzene rings is 1. The normalized spacial score (nSPS) is 11.9. The first-order valence-corrected chi connectivity index (χ1v) is 7.45. The molecule has 0 bridgehead atoms. The van der Waals surface area contributed by atoms with E-state index in [1.54, 1.807) is 30.5 Å². The third-order valence-electron chi connectivity index (χ3n) is 3.10. The molecule has 0 aliphatic rings. The van der Waals surface area contributed by atoms with Gasteiger partial charge in [-0.2, -0.15) is 5.10 Å². The molecule has 2 aromatic rings. The van der Waals surface area contributed by atoms with Crippen molar-refractivity contribution < 1.29 is 9.90 Å². The highest BCUT2D eigenvalue weighted by Crippen LogP contribution is 2.16. The monoisotopic (exact) mass is 322 g/mol. The molecule has 1 atom stereocenters. The van der Waals surface area contributed by atoms with Crippen molar-refractivity contribution in [2.45, 2.75) is 19.1 Å². The summed E-state index contributed by atoms with van der Waals surface area (Å²) < 4.78 is 1.81. The molecule has 22 heavy (non-hydrogen) atoms. The van der Waals surface area contributed by atoms with Crippen LogP contribution in [0.2, 0.25) is 5.02 Å². The molecule has 1 aromatic heterocycles. The van der Waals surface area contributed by atoms with Gasteiger partial charge in [-0.1, -0.05) is 23.7 Å². The smallest absolute Gasteiger partial charge is 0.314 e. The molecule has 0 radical (unpaired) electrons. The number of nitrogens with zero attached hydrogens (tertiary/aromatic N) is 2. The van der Waals surface area contributed by atoms with Crippen molar-refractivity contribution in [1.82, 2.24) is 20.4 Å². The van der Waals surface area contributed by atoms with Crippen molar-refractivity contribution in [3.63, 3.8) is 0 Å². The van der Waals surface area contributed by atoms with Crippen LogP contribution in [0.3, 0.4) is 0 Å². The standard InChI is InChI=1S/C15H19ClN4O2/c16-13-5-1-4-12(10-13)14(21)11-18-15(22)17-6-2-8-20-9-3-7-19-20/h1,3-5,7,9-10,14,21H,2,6,8,11H2,(H2,17,18,22). The second-order valence-electron chi connectivity index (χ2n) is 4.83. The molecule has 0 saturated carbocycles. The molecule has 1 heterocycles. The van der Waals surface area contributed by atoms with Crippen LogP contribution >= 0.6 is 11.6 Å². The lowest BCUT2D eigenvalue weighted by molar-refractivity contribution is 0.173. The van der Waals surface area contributed by atoms with Crippen LogP contribution < -0.4 is 10.6 Å². The summed E-state index contributed by atoms with van der Waals surface area (Å²) in [5.41, 5.74) is 0.673. The Morgan fingerprint density at radius 3 is 2.95 bits per heavy atom. The average molecular weight is 323 g/mol. The number of carbonyl (C=O) groups excluding carboxylic acids is 1. The Kier molecular flexibility index (Phi) is 6.24.